The number of aromatic nitrogens is 1. The first-order valence-electron chi connectivity index (χ1n) is 5.37. The van der Waals surface area contributed by atoms with Crippen molar-refractivity contribution in [1.29, 1.82) is 0 Å². The predicted octanol–water partition coefficient (Wildman–Crippen LogP) is 2.74. The van der Waals surface area contributed by atoms with E-state index in [4.69, 9.17) is 11.6 Å². The molecule has 0 fully saturated rings. The zero-order valence-electron chi connectivity index (χ0n) is 10.1. The van der Waals surface area contributed by atoms with Gasteiger partial charge in [-0.3, -0.25) is 0 Å². The van der Waals surface area contributed by atoms with Crippen LogP contribution in [-0.4, -0.2) is 29.3 Å². The van der Waals surface area contributed by atoms with E-state index >= 15 is 0 Å². The van der Waals surface area contributed by atoms with Crippen LogP contribution in [0.1, 0.15) is 5.56 Å². The number of rotatable bonds is 2. The molecule has 0 spiro atoms. The molecule has 1 unspecified atom stereocenters. The number of alkyl halides is 3. The fourth-order valence-corrected chi connectivity index (χ4v) is 2.17. The number of para-hydroxylation sites is 1. The molecule has 1 aromatic heterocycles. The van der Waals surface area contributed by atoms with Crippen molar-refractivity contribution in [1.82, 2.24) is 4.98 Å². The largest absolute Gasteiger partial charge is 0.466 e. The summed E-state index contributed by atoms with van der Waals surface area (Å²) in [5.74, 6) is -1.81. The standard InChI is InChI=1S/C12H9ClF3NO3/c1-20-10(18)11(19,12(14,15)16)7-5-17-9-6(7)3-2-4-8(9)13/h2-5,17,19H,1H3. The van der Waals surface area contributed by atoms with Crippen molar-refractivity contribution in [2.24, 2.45) is 0 Å². The van der Waals surface area contributed by atoms with Gasteiger partial charge < -0.3 is 14.8 Å². The normalized spacial score (nSPS) is 15.1. The summed E-state index contributed by atoms with van der Waals surface area (Å²) in [5.41, 5.74) is -4.23. The van der Waals surface area contributed by atoms with Crippen LogP contribution in [0.5, 0.6) is 0 Å². The Hall–Kier alpha value is -1.73. The van der Waals surface area contributed by atoms with Gasteiger partial charge >= 0.3 is 12.1 Å². The van der Waals surface area contributed by atoms with Crippen LogP contribution in [0.25, 0.3) is 10.9 Å². The minimum Gasteiger partial charge on any atom is -0.466 e. The summed E-state index contributed by atoms with van der Waals surface area (Å²) in [6.45, 7) is 0. The third kappa shape index (κ3) is 1.94. The molecular formula is C12H9ClF3NO3. The van der Waals surface area contributed by atoms with Crippen molar-refractivity contribution in [2.45, 2.75) is 11.8 Å². The molecule has 0 saturated carbocycles. The average Bonchev–Trinajstić information content (AvgIpc) is 2.81. The van der Waals surface area contributed by atoms with Gasteiger partial charge in [0, 0.05) is 17.1 Å². The number of hydrogen-bond acceptors (Lipinski definition) is 3. The molecule has 8 heteroatoms. The summed E-state index contributed by atoms with van der Waals surface area (Å²) < 4.78 is 43.5. The fourth-order valence-electron chi connectivity index (χ4n) is 1.94. The van der Waals surface area contributed by atoms with Crippen molar-refractivity contribution in [3.8, 4) is 0 Å². The third-order valence-electron chi connectivity index (χ3n) is 2.95. The quantitative estimate of drug-likeness (QED) is 0.839. The number of hydrogen-bond donors (Lipinski definition) is 2. The van der Waals surface area contributed by atoms with Crippen molar-refractivity contribution < 1.29 is 27.8 Å². The summed E-state index contributed by atoms with van der Waals surface area (Å²) in [5, 5.41) is 10.1. The van der Waals surface area contributed by atoms with E-state index in [-0.39, 0.29) is 15.9 Å². The highest BCUT2D eigenvalue weighted by Crippen LogP contribution is 2.43. The molecule has 1 heterocycles. The van der Waals surface area contributed by atoms with Gasteiger partial charge in [-0.15, -0.1) is 0 Å². The molecule has 0 aliphatic rings. The number of aliphatic hydroxyl groups is 1. The second kappa shape index (κ2) is 4.68. The second-order valence-corrected chi connectivity index (χ2v) is 4.47. The fraction of sp³-hybridized carbons (Fsp3) is 0.250. The number of carbonyl (C=O) groups excluding carboxylic acids is 1. The van der Waals surface area contributed by atoms with Crippen LogP contribution in [0.15, 0.2) is 24.4 Å². The van der Waals surface area contributed by atoms with Gasteiger partial charge in [0.2, 0.25) is 0 Å². The van der Waals surface area contributed by atoms with Crippen LogP contribution in [-0.2, 0) is 15.1 Å². The number of H-pyrrole nitrogens is 1. The molecule has 1 atom stereocenters. The first-order chi connectivity index (χ1) is 9.23. The monoisotopic (exact) mass is 307 g/mol. The summed E-state index contributed by atoms with van der Waals surface area (Å²) in [7, 11) is 0.765. The number of ether oxygens (including phenoxy) is 1. The second-order valence-electron chi connectivity index (χ2n) is 4.06. The molecule has 0 bridgehead atoms. The Balaban J connectivity index is 2.77. The summed E-state index contributed by atoms with van der Waals surface area (Å²) in [6.07, 6.45) is -4.35. The lowest BCUT2D eigenvalue weighted by Crippen LogP contribution is -2.49. The third-order valence-corrected chi connectivity index (χ3v) is 3.26. The van der Waals surface area contributed by atoms with Gasteiger partial charge in [0.05, 0.1) is 17.6 Å². The topological polar surface area (TPSA) is 62.3 Å². The number of fused-ring (bicyclic) bond motifs is 1. The first-order valence-corrected chi connectivity index (χ1v) is 5.75. The number of carbonyl (C=O) groups is 1. The molecule has 4 nitrogen and oxygen atoms in total. The van der Waals surface area contributed by atoms with E-state index < -0.39 is 23.3 Å². The molecule has 2 N–H and O–H groups in total. The number of methoxy groups -OCH3 is 1. The zero-order chi connectivity index (χ0) is 15.1. The van der Waals surface area contributed by atoms with Gasteiger partial charge in [-0.05, 0) is 6.07 Å². The van der Waals surface area contributed by atoms with Gasteiger partial charge in [-0.25, -0.2) is 4.79 Å². The van der Waals surface area contributed by atoms with Crippen molar-refractivity contribution in [2.75, 3.05) is 7.11 Å². The van der Waals surface area contributed by atoms with Crippen LogP contribution >= 0.6 is 11.6 Å². The van der Waals surface area contributed by atoms with Gasteiger partial charge in [0.1, 0.15) is 0 Å². The van der Waals surface area contributed by atoms with Gasteiger partial charge in [0.25, 0.3) is 5.60 Å². The van der Waals surface area contributed by atoms with Crippen molar-refractivity contribution >= 4 is 28.5 Å². The van der Waals surface area contributed by atoms with Crippen molar-refractivity contribution in [3.05, 3.63) is 35.0 Å². The maximum atomic E-state index is 13.1. The summed E-state index contributed by atoms with van der Waals surface area (Å²) in [6, 6.07) is 4.19. The average molecular weight is 308 g/mol. The number of esters is 1. The Kier molecular flexibility index (Phi) is 3.43. The first kappa shape index (κ1) is 14.7. The van der Waals surface area contributed by atoms with Gasteiger partial charge in [-0.2, -0.15) is 13.2 Å². The highest BCUT2D eigenvalue weighted by molar-refractivity contribution is 6.35. The molecule has 2 aromatic rings. The van der Waals surface area contributed by atoms with Crippen LogP contribution in [0.2, 0.25) is 5.02 Å². The highest BCUT2D eigenvalue weighted by Gasteiger charge is 2.63. The van der Waals surface area contributed by atoms with E-state index in [0.717, 1.165) is 13.3 Å². The Morgan fingerprint density at radius 3 is 2.60 bits per heavy atom. The highest BCUT2D eigenvalue weighted by atomic mass is 35.5. The minimum atomic E-state index is -5.24. The maximum Gasteiger partial charge on any atom is 0.432 e. The van der Waals surface area contributed by atoms with E-state index in [1.165, 1.54) is 18.2 Å². The summed E-state index contributed by atoms with van der Waals surface area (Å²) in [4.78, 5) is 14.0. The van der Waals surface area contributed by atoms with Gasteiger partial charge in [0.15, 0.2) is 0 Å². The summed E-state index contributed by atoms with van der Waals surface area (Å²) >= 11 is 5.84. The Labute approximate surface area is 116 Å². The molecule has 0 saturated heterocycles. The minimum absolute atomic E-state index is 0.0114. The van der Waals surface area contributed by atoms with Crippen LogP contribution < -0.4 is 0 Å². The predicted molar refractivity (Wildman–Crippen MR) is 65.3 cm³/mol. The van der Waals surface area contributed by atoms with E-state index in [1.54, 1.807) is 0 Å². The Morgan fingerprint density at radius 1 is 1.40 bits per heavy atom. The molecule has 0 aliphatic carbocycles. The number of aromatic amines is 1. The smallest absolute Gasteiger partial charge is 0.432 e. The molecule has 1 aromatic carbocycles. The van der Waals surface area contributed by atoms with E-state index in [9.17, 15) is 23.1 Å². The van der Waals surface area contributed by atoms with Crippen LogP contribution in [0.4, 0.5) is 13.2 Å². The molecule has 0 aliphatic heterocycles. The Bertz CT molecular complexity index is 668. The van der Waals surface area contributed by atoms with Crippen LogP contribution in [0.3, 0.4) is 0 Å². The maximum absolute atomic E-state index is 13.1. The van der Waals surface area contributed by atoms with E-state index in [0.29, 0.717) is 0 Å². The van der Waals surface area contributed by atoms with Crippen molar-refractivity contribution in [3.63, 3.8) is 0 Å². The zero-order valence-corrected chi connectivity index (χ0v) is 10.8. The molecular weight excluding hydrogens is 299 g/mol. The molecule has 0 radical (unpaired) electrons. The van der Waals surface area contributed by atoms with E-state index in [2.05, 4.69) is 9.72 Å². The van der Waals surface area contributed by atoms with Gasteiger partial charge in [-0.1, -0.05) is 23.7 Å². The van der Waals surface area contributed by atoms with E-state index in [1.807, 2.05) is 0 Å². The lowest BCUT2D eigenvalue weighted by atomic mass is 9.92. The molecule has 20 heavy (non-hydrogen) atoms. The molecule has 0 amide bonds. The SMILES string of the molecule is COC(=O)C(O)(c1c[nH]c2c(Cl)cccc12)C(F)(F)F. The number of halogens is 4. The number of benzene rings is 1. The Morgan fingerprint density at radius 2 is 2.05 bits per heavy atom. The molecule has 108 valence electrons. The molecule has 2 rings (SSSR count). The van der Waals surface area contributed by atoms with Crippen LogP contribution in [0, 0.1) is 0 Å². The lowest BCUT2D eigenvalue weighted by molar-refractivity contribution is -0.266. The lowest BCUT2D eigenvalue weighted by Gasteiger charge is -2.27. The number of nitrogens with one attached hydrogen (secondary N) is 1.